The minimum Gasteiger partial charge on any atom is -0.214 e. The predicted octanol–water partition coefficient (Wildman–Crippen LogP) is 4.09. The Morgan fingerprint density at radius 3 is 1.38 bits per heavy atom. The van der Waals surface area contributed by atoms with Gasteiger partial charge in [0, 0.05) is 0 Å². The quantitative estimate of drug-likeness (QED) is 0.370. The van der Waals surface area contributed by atoms with E-state index in [2.05, 4.69) is 0 Å². The van der Waals surface area contributed by atoms with Gasteiger partial charge >= 0.3 is 6.08 Å². The number of hydrogen-bond acceptors (Lipinski definition) is 0. The van der Waals surface area contributed by atoms with E-state index in [1.165, 1.54) is 19.6 Å². The van der Waals surface area contributed by atoms with Crippen molar-refractivity contribution in [1.29, 1.82) is 0 Å². The van der Waals surface area contributed by atoms with Gasteiger partial charge < -0.3 is 0 Å². The number of allylic oxidation sites excluding steroid dienone is 2. The van der Waals surface area contributed by atoms with Crippen LogP contribution in [0.25, 0.3) is 0 Å². The molecule has 0 fully saturated rings. The van der Waals surface area contributed by atoms with Gasteiger partial charge in [0.2, 0.25) is 5.83 Å². The predicted molar refractivity (Wildman–Crippen MR) is 42.9 cm³/mol. The molecule has 0 bridgehead atoms. The molecule has 0 aliphatic heterocycles. The van der Waals surface area contributed by atoms with Gasteiger partial charge in [-0.1, -0.05) is 19.6 Å². The molecule has 0 nitrogen and oxygen atoms in total. The minimum absolute atomic E-state index is 1.38. The van der Waals surface area contributed by atoms with Gasteiger partial charge in [0.1, 0.15) is 13.5 Å². The van der Waals surface area contributed by atoms with E-state index in [4.69, 9.17) is 0 Å². The van der Waals surface area contributed by atoms with Crippen molar-refractivity contribution >= 4 is 8.07 Å². The van der Waals surface area contributed by atoms with Crippen molar-refractivity contribution in [3.63, 3.8) is 0 Å². The first kappa shape index (κ1) is 12.3. The Morgan fingerprint density at radius 2 is 1.15 bits per heavy atom. The van der Waals surface area contributed by atoms with Gasteiger partial charge in [0.25, 0.3) is 0 Å². The second-order valence-electron chi connectivity index (χ2n) is 3.45. The Kier molecular flexibility index (Phi) is 3.83. The number of hydrogen-bond donors (Lipinski definition) is 0. The molecule has 0 unspecified atom stereocenters. The molecule has 0 aromatic carbocycles. The van der Waals surface area contributed by atoms with Gasteiger partial charge in [-0.15, -0.1) is 0 Å². The topological polar surface area (TPSA) is 0 Å². The van der Waals surface area contributed by atoms with Gasteiger partial charge in [0.05, 0.1) is 0 Å². The maximum absolute atomic E-state index is 12.9. The van der Waals surface area contributed by atoms with E-state index in [1.807, 2.05) is 0 Å². The van der Waals surface area contributed by atoms with Crippen LogP contribution in [0.3, 0.4) is 0 Å². The molecule has 0 rings (SSSR count). The Morgan fingerprint density at radius 1 is 0.769 bits per heavy atom. The van der Waals surface area contributed by atoms with Crippen molar-refractivity contribution in [2.75, 3.05) is 0 Å². The second-order valence-corrected chi connectivity index (χ2v) is 8.39. The van der Waals surface area contributed by atoms with E-state index >= 15 is 0 Å². The average Bonchev–Trinajstić information content (AvgIpc) is 1.98. The molecule has 0 atom stereocenters. The van der Waals surface area contributed by atoms with Crippen molar-refractivity contribution in [3.05, 3.63) is 23.2 Å². The van der Waals surface area contributed by atoms with Crippen LogP contribution in [0.5, 0.6) is 0 Å². The highest BCUT2D eigenvalue weighted by atomic mass is 28.3. The number of halogens is 5. The summed E-state index contributed by atoms with van der Waals surface area (Å²) in [4.78, 5) is 0. The van der Waals surface area contributed by atoms with Crippen LogP contribution in [0.1, 0.15) is 0 Å². The third-order valence-corrected chi connectivity index (χ3v) is 2.75. The molecule has 0 aliphatic rings. The molecule has 0 saturated carbocycles. The zero-order chi connectivity index (χ0) is 10.8. The lowest BCUT2D eigenvalue weighted by molar-refractivity contribution is 0.368. The molecular formula is C7H9F5Si. The van der Waals surface area contributed by atoms with Crippen molar-refractivity contribution < 1.29 is 22.0 Å². The molecule has 0 N–H and O–H groups in total. The Balaban J connectivity index is 5.18. The lowest BCUT2D eigenvalue weighted by Gasteiger charge is -2.12. The van der Waals surface area contributed by atoms with Gasteiger partial charge in [0.15, 0.2) is 5.83 Å². The van der Waals surface area contributed by atoms with Crippen LogP contribution in [0.15, 0.2) is 23.2 Å². The van der Waals surface area contributed by atoms with E-state index in [9.17, 15) is 22.0 Å². The maximum Gasteiger partial charge on any atom is 0.308 e. The molecule has 0 aliphatic carbocycles. The van der Waals surface area contributed by atoms with Crippen LogP contribution in [0, 0.1) is 0 Å². The van der Waals surface area contributed by atoms with E-state index in [0.717, 1.165) is 0 Å². The maximum atomic E-state index is 12.9. The van der Waals surface area contributed by atoms with E-state index < -0.39 is 31.3 Å². The third-order valence-electron chi connectivity index (χ3n) is 1.21. The second kappa shape index (κ2) is 4.04. The highest BCUT2D eigenvalue weighted by Crippen LogP contribution is 2.28. The summed E-state index contributed by atoms with van der Waals surface area (Å²) in [6, 6.07) is 0. The van der Waals surface area contributed by atoms with Crippen LogP contribution in [-0.2, 0) is 0 Å². The van der Waals surface area contributed by atoms with Crippen molar-refractivity contribution in [3.8, 4) is 0 Å². The Hall–Kier alpha value is -0.653. The summed E-state index contributed by atoms with van der Waals surface area (Å²) in [6.07, 6.45) is -2.84. The lowest BCUT2D eigenvalue weighted by atomic mass is 10.5. The molecule has 0 amide bonds. The summed E-state index contributed by atoms with van der Waals surface area (Å²) in [5.41, 5.74) is -1.39. The molecule has 0 heterocycles. The SMILES string of the molecule is C[Si](C)(C)/C(F)=C(/F)C(F)=C(F)F. The molecule has 0 saturated heterocycles. The molecular weight excluding hydrogens is 207 g/mol. The van der Waals surface area contributed by atoms with Gasteiger partial charge in [-0.05, 0) is 0 Å². The lowest BCUT2D eigenvalue weighted by Crippen LogP contribution is -2.22. The van der Waals surface area contributed by atoms with Crippen LogP contribution in [0.2, 0.25) is 19.6 Å². The highest BCUT2D eigenvalue weighted by molar-refractivity contribution is 6.82. The molecule has 76 valence electrons. The molecule has 0 aromatic heterocycles. The van der Waals surface area contributed by atoms with Crippen molar-refractivity contribution in [2.45, 2.75) is 19.6 Å². The molecule has 0 spiro atoms. The summed E-state index contributed by atoms with van der Waals surface area (Å²) in [5.74, 6) is -4.47. The molecule has 13 heavy (non-hydrogen) atoms. The summed E-state index contributed by atoms with van der Waals surface area (Å²) in [7, 11) is -2.70. The first-order valence-corrected chi connectivity index (χ1v) is 6.94. The number of rotatable bonds is 2. The Bertz CT molecular complexity index is 257. The monoisotopic (exact) mass is 216 g/mol. The first-order valence-electron chi connectivity index (χ1n) is 3.44. The fraction of sp³-hybridized carbons (Fsp3) is 0.429. The Labute approximate surface area is 73.8 Å². The first-order chi connectivity index (χ1) is 5.68. The standard InChI is InChI=1S/C7H9F5Si/c1-13(2,3)7(12)5(9)4(8)6(10)11/h1-3H3/b7-5+. The van der Waals surface area contributed by atoms with E-state index in [1.54, 1.807) is 0 Å². The molecule has 0 aromatic rings. The van der Waals surface area contributed by atoms with Crippen LogP contribution >= 0.6 is 0 Å². The average molecular weight is 216 g/mol. The fourth-order valence-electron chi connectivity index (χ4n) is 0.509. The summed E-state index contributed by atoms with van der Waals surface area (Å²) in [6.45, 7) is 4.14. The molecule has 0 radical (unpaired) electrons. The van der Waals surface area contributed by atoms with Crippen LogP contribution < -0.4 is 0 Å². The van der Waals surface area contributed by atoms with E-state index in [0.29, 0.717) is 0 Å². The van der Waals surface area contributed by atoms with Crippen molar-refractivity contribution in [1.82, 2.24) is 0 Å². The zero-order valence-corrected chi connectivity index (χ0v) is 8.39. The summed E-state index contributed by atoms with van der Waals surface area (Å²) >= 11 is 0. The summed E-state index contributed by atoms with van der Waals surface area (Å²) < 4.78 is 60.6. The third kappa shape index (κ3) is 3.29. The smallest absolute Gasteiger partial charge is 0.214 e. The molecule has 6 heteroatoms. The largest absolute Gasteiger partial charge is 0.308 e. The zero-order valence-electron chi connectivity index (χ0n) is 7.39. The minimum atomic E-state index is -2.84. The van der Waals surface area contributed by atoms with Gasteiger partial charge in [-0.2, -0.15) is 13.2 Å². The van der Waals surface area contributed by atoms with Gasteiger partial charge in [-0.3, -0.25) is 0 Å². The van der Waals surface area contributed by atoms with Crippen molar-refractivity contribution in [2.24, 2.45) is 0 Å². The normalized spacial score (nSPS) is 13.8. The van der Waals surface area contributed by atoms with Gasteiger partial charge in [-0.25, -0.2) is 8.78 Å². The van der Waals surface area contributed by atoms with Crippen LogP contribution in [0.4, 0.5) is 22.0 Å². The van der Waals surface area contributed by atoms with Crippen LogP contribution in [-0.4, -0.2) is 8.07 Å². The highest BCUT2D eigenvalue weighted by Gasteiger charge is 2.28. The summed E-state index contributed by atoms with van der Waals surface area (Å²) in [5, 5.41) is 0. The van der Waals surface area contributed by atoms with E-state index in [-0.39, 0.29) is 0 Å². The fourth-order valence-corrected chi connectivity index (χ4v) is 1.28.